The smallest absolute Gasteiger partial charge is 0.409 e. The maximum absolute atomic E-state index is 12.6. The van der Waals surface area contributed by atoms with Crippen LogP contribution in [0, 0.1) is 107 Å². The quantitative estimate of drug-likeness (QED) is 0.0884. The summed E-state index contributed by atoms with van der Waals surface area (Å²) in [5.74, 6) is 21.3. The number of unbranched alkanes of at least 4 members (excludes halogenated alkanes) is 1. The third-order valence-electron chi connectivity index (χ3n) is 27.0. The first kappa shape index (κ1) is 107. The Balaban J connectivity index is 0.000000433. The van der Waals surface area contributed by atoms with E-state index >= 15 is 0 Å². The first-order chi connectivity index (χ1) is 53.2. The van der Waals surface area contributed by atoms with Gasteiger partial charge in [-0.3, -0.25) is 4.21 Å². The first-order valence-corrected chi connectivity index (χ1v) is 51.2. The van der Waals surface area contributed by atoms with Gasteiger partial charge in [0.2, 0.25) is 5.92 Å². The highest BCUT2D eigenvalue weighted by molar-refractivity contribution is 8.00. The molecule has 4 unspecified atom stereocenters. The first-order valence-electron chi connectivity index (χ1n) is 47.1. The van der Waals surface area contributed by atoms with Crippen molar-refractivity contribution >= 4 is 31.3 Å². The van der Waals surface area contributed by atoms with E-state index in [1.54, 1.807) is 31.3 Å². The SMILES string of the molecule is C=S1(=O)CCC(C(C)C)CC1.CC(C)C1CC(C)(C)OC(C)(C)C1.CC(C)C1CC2CCC1C2.CC(C)C1CCC(F)(F)CC1.CC(C)C1CCCCC1.CC(C)C1CCCCC1.CC(C)c1ccc(OCCCCS(C)(=O)=O)cc1.CC(C)c1ccccc1.CC1=CCC(C(C)C)CC1.CCOC(=O)N1CCC(C(C)C)CC1. The molecular weight excluding hydrogens is 1450 g/mol. The summed E-state index contributed by atoms with van der Waals surface area (Å²) in [6.07, 6.45) is 38.7. The molecule has 3 heterocycles. The lowest BCUT2D eigenvalue weighted by Gasteiger charge is -2.46. The van der Waals surface area contributed by atoms with Crippen LogP contribution < -0.4 is 4.74 Å². The van der Waals surface area contributed by atoms with Gasteiger partial charge in [-0.25, -0.2) is 22.0 Å². The summed E-state index contributed by atoms with van der Waals surface area (Å²) in [5, 5.41) is 0. The molecule has 5 saturated carbocycles. The van der Waals surface area contributed by atoms with Crippen molar-refractivity contribution < 1.29 is 40.4 Å². The van der Waals surface area contributed by atoms with Crippen molar-refractivity contribution in [2.75, 3.05) is 49.8 Å². The summed E-state index contributed by atoms with van der Waals surface area (Å²) in [4.78, 5) is 13.2. The van der Waals surface area contributed by atoms with Crippen molar-refractivity contribution in [3.63, 3.8) is 0 Å². The molecule has 0 spiro atoms. The zero-order valence-electron chi connectivity index (χ0n) is 79.4. The highest BCUT2D eigenvalue weighted by atomic mass is 32.2. The molecule has 2 bridgehead atoms. The van der Waals surface area contributed by atoms with Crippen molar-refractivity contribution in [3.05, 3.63) is 77.4 Å². The number of rotatable bonds is 17. The van der Waals surface area contributed by atoms with E-state index in [1.165, 1.54) is 114 Å². The van der Waals surface area contributed by atoms with Crippen LogP contribution in [0.5, 0.6) is 5.75 Å². The average Bonchev–Trinajstić information content (AvgIpc) is 1.17. The van der Waals surface area contributed by atoms with Gasteiger partial charge >= 0.3 is 6.09 Å². The molecule has 6 aliphatic carbocycles. The normalized spacial score (nSPS) is 24.4. The van der Waals surface area contributed by atoms with Crippen LogP contribution in [0.15, 0.2) is 66.2 Å². The van der Waals surface area contributed by atoms with Gasteiger partial charge in [-0.1, -0.05) is 263 Å². The second-order valence-electron chi connectivity index (χ2n) is 41.4. The molecule has 12 heteroatoms. The summed E-state index contributed by atoms with van der Waals surface area (Å²) in [6.45, 7) is 61.2. The van der Waals surface area contributed by atoms with Crippen LogP contribution in [0.4, 0.5) is 13.6 Å². The lowest BCUT2D eigenvalue weighted by atomic mass is 9.75. The van der Waals surface area contributed by atoms with Gasteiger partial charge in [-0.15, -0.1) is 0 Å². The Morgan fingerprint density at radius 2 is 0.965 bits per heavy atom. The molecule has 2 aromatic rings. The number of carbonyl (C=O) groups is 1. The lowest BCUT2D eigenvalue weighted by molar-refractivity contribution is -0.177. The van der Waals surface area contributed by atoms with Gasteiger partial charge in [0.25, 0.3) is 0 Å². The number of halogens is 2. The monoisotopic (exact) mass is 1640 g/mol. The van der Waals surface area contributed by atoms with E-state index in [4.69, 9.17) is 14.2 Å². The van der Waals surface area contributed by atoms with E-state index in [9.17, 15) is 26.2 Å². The van der Waals surface area contributed by atoms with Crippen LogP contribution in [0.25, 0.3) is 0 Å². The predicted molar refractivity (Wildman–Crippen MR) is 495 cm³/mol. The molecule has 0 radical (unpaired) electrons. The maximum Gasteiger partial charge on any atom is 0.409 e. The summed E-state index contributed by atoms with van der Waals surface area (Å²) in [7, 11) is -4.49. The number of nitrogens with zero attached hydrogens (tertiary/aromatic N) is 1. The fourth-order valence-corrected chi connectivity index (χ4v) is 21.1. The van der Waals surface area contributed by atoms with Gasteiger partial charge in [-0.05, 0) is 301 Å². The molecule has 0 aromatic heterocycles. The molecule has 0 N–H and O–H groups in total. The fourth-order valence-electron chi connectivity index (χ4n) is 18.7. The third kappa shape index (κ3) is 47.3. The Hall–Kier alpha value is -2.96. The number of sulfone groups is 1. The summed E-state index contributed by atoms with van der Waals surface area (Å²) in [5.41, 5.74) is 4.43. The van der Waals surface area contributed by atoms with Crippen molar-refractivity contribution in [1.29, 1.82) is 0 Å². The van der Waals surface area contributed by atoms with Crippen LogP contribution in [-0.2, 0) is 28.8 Å². The largest absolute Gasteiger partial charge is 0.494 e. The van der Waals surface area contributed by atoms with Gasteiger partial charge in [-0.2, -0.15) is 0 Å². The number of allylic oxidation sites excluding steroid dienone is 2. The number of hydrogen-bond donors (Lipinski definition) is 0. The predicted octanol–water partition coefficient (Wildman–Crippen LogP) is 30.1. The highest BCUT2D eigenvalue weighted by Crippen LogP contribution is 2.51. The molecule has 3 saturated heterocycles. The topological polar surface area (TPSA) is 99.2 Å². The minimum atomic E-state index is -2.84. The molecule has 8 fully saturated rings. The molecule has 3 aliphatic heterocycles. The fraction of sp³-hybridized carbons (Fsp3) is 0.843. The number of amides is 1. The second-order valence-corrected chi connectivity index (χ2v) is 46.4. The number of alkyl halides is 2. The number of ether oxygens (including phenoxy) is 3. The highest BCUT2D eigenvalue weighted by Gasteiger charge is 2.42. The number of fused-ring (bicyclic) bond motifs is 2. The van der Waals surface area contributed by atoms with Gasteiger partial charge in [0.05, 0.1) is 30.2 Å². The molecule has 11 rings (SSSR count). The minimum Gasteiger partial charge on any atom is -0.494 e. The van der Waals surface area contributed by atoms with Gasteiger partial charge < -0.3 is 19.1 Å². The van der Waals surface area contributed by atoms with Crippen LogP contribution in [0.1, 0.15) is 389 Å². The summed E-state index contributed by atoms with van der Waals surface area (Å²) in [6, 6.07) is 18.6. The zero-order valence-corrected chi connectivity index (χ0v) is 81.0. The standard InChI is InChI=1S/C14H22O3S.C12H24O.C11H21NO2.2C10H18.C9H16F2.C9H18OS.2C9H18.C9H12/c1-12(2)13-6-8-14(9-7-13)17-10-4-5-11-18(3,15)16;1-9(2)10-7-11(3,4)13-12(5,6)8-10;1-4-14-11(13)12-7-5-10(6-8-12)9(2)3;1-7(2)10-6-8-3-4-9(10)5-8;1-8(2)10-6-4-9(3)5-7-10;1-7(2)8-3-5-9(10,11)6-4-8;1-8(2)9-4-6-11(3,10)7-5-9;3*1-8(2)9-6-4-3-5-7-9/h6-9,12H,4-5,10-11H2,1-3H3;9-10H,7-8H2,1-6H3;9-10H,4-8H2,1-3H3;7-10H,3-6H2,1-2H3;4,8,10H,5-7H2,1-3H3;7-8H,3-6H2,1-2H3;8-9H,3-7H2,1-2H3;2*8-9H,3-7H2,1-2H3;3-8H,1-2H3. The molecule has 1 amide bonds. The van der Waals surface area contributed by atoms with Crippen LogP contribution >= 0.6 is 0 Å². The number of carbonyl (C=O) groups excluding carboxylic acids is 1. The molecule has 9 aliphatic rings. The molecule has 114 heavy (non-hydrogen) atoms. The van der Waals surface area contributed by atoms with Crippen molar-refractivity contribution in [1.82, 2.24) is 4.90 Å². The number of hydrogen-bond acceptors (Lipinski definition) is 7. The Morgan fingerprint density at radius 3 is 1.32 bits per heavy atom. The van der Waals surface area contributed by atoms with E-state index in [1.807, 2.05) is 30.0 Å². The van der Waals surface area contributed by atoms with Crippen LogP contribution in [-0.4, -0.2) is 96.4 Å². The molecular formula is C102H185F2NO7S2. The number of piperidine rings is 1. The minimum absolute atomic E-state index is 0.0662. The van der Waals surface area contributed by atoms with E-state index in [-0.39, 0.29) is 35.9 Å². The van der Waals surface area contributed by atoms with Gasteiger partial charge in [0, 0.05) is 43.7 Å². The van der Waals surface area contributed by atoms with E-state index in [2.05, 4.69) is 221 Å². The Labute approximate surface area is 706 Å². The molecule has 666 valence electrons. The molecule has 2 aromatic carbocycles. The van der Waals surface area contributed by atoms with Crippen molar-refractivity contribution in [2.45, 2.75) is 395 Å². The maximum atomic E-state index is 12.6. The number of likely N-dealkylation sites (tertiary alicyclic amines) is 1. The van der Waals surface area contributed by atoms with Gasteiger partial charge in [0.15, 0.2) is 0 Å². The average molecular weight is 1640 g/mol. The van der Waals surface area contributed by atoms with E-state index in [0.717, 1.165) is 157 Å². The van der Waals surface area contributed by atoms with E-state index in [0.29, 0.717) is 56.1 Å². The van der Waals surface area contributed by atoms with Crippen LogP contribution in [0.3, 0.4) is 0 Å². The lowest BCUT2D eigenvalue weighted by Crippen LogP contribution is -2.46. The van der Waals surface area contributed by atoms with Gasteiger partial charge in [0.1, 0.15) is 15.6 Å². The zero-order chi connectivity index (χ0) is 86.2. The Bertz CT molecular complexity index is 2980. The van der Waals surface area contributed by atoms with Crippen LogP contribution in [0.2, 0.25) is 0 Å². The van der Waals surface area contributed by atoms with Crippen molar-refractivity contribution in [2.24, 2.45) is 107 Å². The van der Waals surface area contributed by atoms with E-state index < -0.39 is 25.3 Å². The number of benzene rings is 2. The molecule has 4 atom stereocenters. The second kappa shape index (κ2) is 55.1. The van der Waals surface area contributed by atoms with Crippen molar-refractivity contribution in [3.8, 4) is 5.75 Å². The summed E-state index contributed by atoms with van der Waals surface area (Å²) < 4.78 is 75.2. The Kier molecular flexibility index (Phi) is 51.8. The third-order valence-corrected chi connectivity index (χ3v) is 30.0. The summed E-state index contributed by atoms with van der Waals surface area (Å²) >= 11 is 0. The molecule has 8 nitrogen and oxygen atoms in total. The Morgan fingerprint density at radius 1 is 0.535 bits per heavy atom.